The maximum absolute atomic E-state index is 12.4. The third-order valence-electron chi connectivity index (χ3n) is 4.95. The Bertz CT molecular complexity index is 441. The first-order chi connectivity index (χ1) is 9.87. The van der Waals surface area contributed by atoms with Crippen molar-refractivity contribution in [2.45, 2.75) is 38.5 Å². The van der Waals surface area contributed by atoms with E-state index in [1.54, 1.807) is 19.0 Å². The lowest BCUT2D eigenvalue weighted by Gasteiger charge is -2.35. The average Bonchev–Trinajstić information content (AvgIpc) is 2.83. The van der Waals surface area contributed by atoms with E-state index >= 15 is 0 Å². The molecule has 2 amide bonds. The van der Waals surface area contributed by atoms with Crippen molar-refractivity contribution in [3.63, 3.8) is 0 Å². The molecular weight excluding hydrogens is 272 g/mol. The summed E-state index contributed by atoms with van der Waals surface area (Å²) in [5.41, 5.74) is -0.498. The van der Waals surface area contributed by atoms with Gasteiger partial charge in [-0.1, -0.05) is 12.8 Å². The second-order valence-corrected chi connectivity index (χ2v) is 6.53. The van der Waals surface area contributed by atoms with Gasteiger partial charge in [0.15, 0.2) is 0 Å². The van der Waals surface area contributed by atoms with Gasteiger partial charge in [0.25, 0.3) is 0 Å². The van der Waals surface area contributed by atoms with Crippen LogP contribution in [0.3, 0.4) is 0 Å². The van der Waals surface area contributed by atoms with E-state index in [1.807, 2.05) is 0 Å². The van der Waals surface area contributed by atoms with Crippen LogP contribution in [0, 0.1) is 17.3 Å². The summed E-state index contributed by atoms with van der Waals surface area (Å²) in [6.07, 6.45) is 4.76. The van der Waals surface area contributed by atoms with E-state index in [0.717, 1.165) is 25.7 Å². The van der Waals surface area contributed by atoms with E-state index in [0.29, 0.717) is 19.4 Å². The van der Waals surface area contributed by atoms with Crippen LogP contribution in [0.15, 0.2) is 0 Å². The normalized spacial score (nSPS) is 26.8. The van der Waals surface area contributed by atoms with E-state index in [-0.39, 0.29) is 11.8 Å². The summed E-state index contributed by atoms with van der Waals surface area (Å²) in [6.45, 7) is 0.325. The van der Waals surface area contributed by atoms with Gasteiger partial charge in [-0.05, 0) is 25.7 Å². The summed E-state index contributed by atoms with van der Waals surface area (Å²) >= 11 is 0. The summed E-state index contributed by atoms with van der Waals surface area (Å²) in [5.74, 6) is -2.05. The van der Waals surface area contributed by atoms with Crippen LogP contribution in [0.5, 0.6) is 0 Å². The number of amides is 2. The smallest absolute Gasteiger partial charge is 0.307 e. The largest absolute Gasteiger partial charge is 0.481 e. The zero-order valence-electron chi connectivity index (χ0n) is 12.7. The molecule has 0 radical (unpaired) electrons. The maximum atomic E-state index is 12.4. The second kappa shape index (κ2) is 6.03. The van der Waals surface area contributed by atoms with Gasteiger partial charge in [-0.3, -0.25) is 14.4 Å². The van der Waals surface area contributed by atoms with Crippen molar-refractivity contribution < 1.29 is 19.5 Å². The van der Waals surface area contributed by atoms with Crippen molar-refractivity contribution in [2.75, 3.05) is 20.6 Å². The number of carboxylic acid groups (broad SMARTS) is 1. The van der Waals surface area contributed by atoms with Crippen molar-refractivity contribution in [1.29, 1.82) is 0 Å². The molecule has 2 rings (SSSR count). The van der Waals surface area contributed by atoms with E-state index in [1.165, 1.54) is 0 Å². The molecule has 21 heavy (non-hydrogen) atoms. The second-order valence-electron chi connectivity index (χ2n) is 6.53. The first-order valence-corrected chi connectivity index (χ1v) is 7.60. The molecule has 2 unspecified atom stereocenters. The van der Waals surface area contributed by atoms with Crippen molar-refractivity contribution >= 4 is 17.8 Å². The number of hydrogen-bond acceptors (Lipinski definition) is 3. The fraction of sp³-hybridized carbons (Fsp3) is 0.800. The van der Waals surface area contributed by atoms with Gasteiger partial charge < -0.3 is 15.3 Å². The molecule has 6 heteroatoms. The highest BCUT2D eigenvalue weighted by Crippen LogP contribution is 2.39. The van der Waals surface area contributed by atoms with Gasteiger partial charge in [0.2, 0.25) is 11.8 Å². The van der Waals surface area contributed by atoms with Crippen molar-refractivity contribution in [3.05, 3.63) is 0 Å². The summed E-state index contributed by atoms with van der Waals surface area (Å²) < 4.78 is 0. The molecule has 2 fully saturated rings. The van der Waals surface area contributed by atoms with Crippen LogP contribution in [-0.2, 0) is 14.4 Å². The minimum Gasteiger partial charge on any atom is -0.481 e. The fourth-order valence-corrected chi connectivity index (χ4v) is 3.49. The van der Waals surface area contributed by atoms with E-state index in [2.05, 4.69) is 5.32 Å². The highest BCUT2D eigenvalue weighted by atomic mass is 16.4. The number of carboxylic acids is 1. The molecule has 2 aliphatic carbocycles. The Balaban J connectivity index is 1.95. The quantitative estimate of drug-likeness (QED) is 0.788. The Kier molecular flexibility index (Phi) is 4.54. The molecule has 2 saturated carbocycles. The van der Waals surface area contributed by atoms with Gasteiger partial charge in [0, 0.05) is 20.6 Å². The fourth-order valence-electron chi connectivity index (χ4n) is 3.49. The number of rotatable bonds is 5. The average molecular weight is 296 g/mol. The summed E-state index contributed by atoms with van der Waals surface area (Å²) in [6, 6.07) is 0. The minimum atomic E-state index is -0.902. The molecule has 118 valence electrons. The number of hydrogen-bond donors (Lipinski definition) is 2. The van der Waals surface area contributed by atoms with Crippen LogP contribution in [-0.4, -0.2) is 48.4 Å². The molecular formula is C15H24N2O4. The Morgan fingerprint density at radius 1 is 1.14 bits per heavy atom. The maximum Gasteiger partial charge on any atom is 0.307 e. The van der Waals surface area contributed by atoms with Crippen molar-refractivity contribution in [1.82, 2.24) is 10.2 Å². The third kappa shape index (κ3) is 3.04. The van der Waals surface area contributed by atoms with Gasteiger partial charge >= 0.3 is 5.97 Å². The van der Waals surface area contributed by atoms with E-state index in [4.69, 9.17) is 5.11 Å². The molecule has 0 aromatic heterocycles. The predicted octanol–water partition coefficient (Wildman–Crippen LogP) is 0.862. The lowest BCUT2D eigenvalue weighted by atomic mass is 9.73. The lowest BCUT2D eigenvalue weighted by molar-refractivity contribution is -0.153. The molecule has 6 nitrogen and oxygen atoms in total. The number of carbonyl (C=O) groups is 3. The highest BCUT2D eigenvalue weighted by molar-refractivity contribution is 5.87. The van der Waals surface area contributed by atoms with Gasteiger partial charge in [0.1, 0.15) is 0 Å². The molecule has 0 aliphatic heterocycles. The minimum absolute atomic E-state index is 0.0590. The molecule has 2 aliphatic rings. The van der Waals surface area contributed by atoms with Crippen LogP contribution < -0.4 is 5.32 Å². The van der Waals surface area contributed by atoms with Crippen molar-refractivity contribution in [2.24, 2.45) is 17.3 Å². The lowest BCUT2D eigenvalue weighted by Crippen LogP contribution is -2.50. The number of nitrogens with zero attached hydrogens (tertiary/aromatic N) is 1. The molecule has 0 aromatic rings. The highest BCUT2D eigenvalue weighted by Gasteiger charge is 2.45. The monoisotopic (exact) mass is 296 g/mol. The molecule has 2 N–H and O–H groups in total. The van der Waals surface area contributed by atoms with Crippen LogP contribution in [0.4, 0.5) is 0 Å². The Labute approximate surface area is 124 Å². The molecule has 0 aromatic carbocycles. The molecule has 2 atom stereocenters. The predicted molar refractivity (Wildman–Crippen MR) is 76.5 cm³/mol. The SMILES string of the molecule is CN(C)C(=O)C1(CNC(=O)C2CCC2C(=O)O)CCCC1. The number of aliphatic carboxylic acids is 1. The molecule has 0 bridgehead atoms. The van der Waals surface area contributed by atoms with Crippen LogP contribution in [0.2, 0.25) is 0 Å². The third-order valence-corrected chi connectivity index (χ3v) is 4.95. The molecule has 0 heterocycles. The summed E-state index contributed by atoms with van der Waals surface area (Å²) in [7, 11) is 3.47. The topological polar surface area (TPSA) is 86.7 Å². The van der Waals surface area contributed by atoms with Crippen LogP contribution in [0.1, 0.15) is 38.5 Å². The molecule has 0 saturated heterocycles. The summed E-state index contributed by atoms with van der Waals surface area (Å²) in [5, 5.41) is 11.8. The Hall–Kier alpha value is -1.59. The van der Waals surface area contributed by atoms with Gasteiger partial charge in [-0.15, -0.1) is 0 Å². The van der Waals surface area contributed by atoms with Crippen molar-refractivity contribution in [3.8, 4) is 0 Å². The van der Waals surface area contributed by atoms with E-state index < -0.39 is 23.2 Å². The zero-order chi connectivity index (χ0) is 15.6. The Morgan fingerprint density at radius 2 is 1.71 bits per heavy atom. The standard InChI is InChI=1S/C15H24N2O4/c1-17(2)14(21)15(7-3-4-8-15)9-16-12(18)10-5-6-11(10)13(19)20/h10-11H,3-9H2,1-2H3,(H,16,18)(H,19,20). The number of nitrogens with one attached hydrogen (secondary N) is 1. The first kappa shape index (κ1) is 15.8. The van der Waals surface area contributed by atoms with Crippen LogP contribution in [0.25, 0.3) is 0 Å². The van der Waals surface area contributed by atoms with E-state index in [9.17, 15) is 14.4 Å². The van der Waals surface area contributed by atoms with Gasteiger partial charge in [0.05, 0.1) is 17.3 Å². The molecule has 0 spiro atoms. The number of carbonyl (C=O) groups excluding carboxylic acids is 2. The van der Waals surface area contributed by atoms with Crippen LogP contribution >= 0.6 is 0 Å². The Morgan fingerprint density at radius 3 is 2.14 bits per heavy atom. The first-order valence-electron chi connectivity index (χ1n) is 7.60. The van der Waals surface area contributed by atoms with Gasteiger partial charge in [-0.2, -0.15) is 0 Å². The van der Waals surface area contributed by atoms with Gasteiger partial charge in [-0.25, -0.2) is 0 Å². The summed E-state index contributed by atoms with van der Waals surface area (Å²) in [4.78, 5) is 37.1. The zero-order valence-corrected chi connectivity index (χ0v) is 12.7.